The third kappa shape index (κ3) is 3.00. The van der Waals surface area contributed by atoms with Gasteiger partial charge in [0.15, 0.2) is 5.43 Å². The van der Waals surface area contributed by atoms with Crippen molar-refractivity contribution < 1.29 is 9.53 Å². The van der Waals surface area contributed by atoms with E-state index in [1.807, 2.05) is 0 Å². The number of carbonyl (C=O) groups is 1. The van der Waals surface area contributed by atoms with Crippen molar-refractivity contribution in [3.8, 4) is 5.75 Å². The molecular formula is C14H13ClN2O3. The Kier molecular flexibility index (Phi) is 4.10. The number of benzene rings is 1. The molecule has 104 valence electrons. The summed E-state index contributed by atoms with van der Waals surface area (Å²) >= 11 is 5.99. The first kappa shape index (κ1) is 14.1. The zero-order valence-electron chi connectivity index (χ0n) is 11.0. The standard InChI is InChI=1S/C14H13ClN2O3/c1-8-5-13(18)10(7-16-8)14(19)17-12-6-9(20-2)3-4-11(12)15/h3-7H,1-2H3,(H,16,18)(H,17,19). The third-order valence-electron chi connectivity index (χ3n) is 2.72. The van der Waals surface area contributed by atoms with Crippen LogP contribution in [0.1, 0.15) is 16.1 Å². The maximum absolute atomic E-state index is 12.1. The second-order valence-corrected chi connectivity index (χ2v) is 4.60. The summed E-state index contributed by atoms with van der Waals surface area (Å²) in [6, 6.07) is 6.23. The van der Waals surface area contributed by atoms with Crippen molar-refractivity contribution in [3.63, 3.8) is 0 Å². The summed E-state index contributed by atoms with van der Waals surface area (Å²) in [4.78, 5) is 26.6. The molecule has 0 unspecified atom stereocenters. The Labute approximate surface area is 120 Å². The first-order valence-corrected chi connectivity index (χ1v) is 6.23. The average molecular weight is 293 g/mol. The molecule has 2 rings (SSSR count). The molecule has 0 saturated carbocycles. The van der Waals surface area contributed by atoms with Gasteiger partial charge in [-0.25, -0.2) is 0 Å². The Bertz CT molecular complexity index is 710. The fraction of sp³-hybridized carbons (Fsp3) is 0.143. The van der Waals surface area contributed by atoms with Crippen LogP contribution in [0.25, 0.3) is 0 Å². The molecule has 0 aliphatic rings. The molecule has 5 nitrogen and oxygen atoms in total. The highest BCUT2D eigenvalue weighted by Gasteiger charge is 2.12. The molecule has 20 heavy (non-hydrogen) atoms. The van der Waals surface area contributed by atoms with E-state index < -0.39 is 5.91 Å². The van der Waals surface area contributed by atoms with E-state index in [0.29, 0.717) is 22.2 Å². The van der Waals surface area contributed by atoms with E-state index in [0.717, 1.165) is 0 Å². The van der Waals surface area contributed by atoms with E-state index in [-0.39, 0.29) is 11.0 Å². The van der Waals surface area contributed by atoms with Crippen LogP contribution < -0.4 is 15.5 Å². The Morgan fingerprint density at radius 3 is 2.75 bits per heavy atom. The van der Waals surface area contributed by atoms with Crippen LogP contribution in [0.4, 0.5) is 5.69 Å². The summed E-state index contributed by atoms with van der Waals surface area (Å²) in [6.45, 7) is 1.74. The van der Waals surface area contributed by atoms with E-state index >= 15 is 0 Å². The lowest BCUT2D eigenvalue weighted by Crippen LogP contribution is -2.21. The Balaban J connectivity index is 2.30. The zero-order valence-corrected chi connectivity index (χ0v) is 11.7. The van der Waals surface area contributed by atoms with Gasteiger partial charge in [0.2, 0.25) is 0 Å². The molecule has 0 radical (unpaired) electrons. The van der Waals surface area contributed by atoms with Gasteiger partial charge in [0.05, 0.1) is 17.8 Å². The van der Waals surface area contributed by atoms with Crippen LogP contribution in [0.5, 0.6) is 5.75 Å². The van der Waals surface area contributed by atoms with E-state index in [4.69, 9.17) is 16.3 Å². The number of hydrogen-bond donors (Lipinski definition) is 2. The number of aromatic amines is 1. The summed E-state index contributed by atoms with van der Waals surface area (Å²) in [7, 11) is 1.51. The predicted molar refractivity (Wildman–Crippen MR) is 77.8 cm³/mol. The molecule has 1 aromatic heterocycles. The zero-order chi connectivity index (χ0) is 14.7. The predicted octanol–water partition coefficient (Wildman–Crippen LogP) is 2.60. The third-order valence-corrected chi connectivity index (χ3v) is 3.05. The molecule has 1 heterocycles. The lowest BCUT2D eigenvalue weighted by atomic mass is 10.2. The van der Waals surface area contributed by atoms with Crippen LogP contribution in [-0.4, -0.2) is 18.0 Å². The van der Waals surface area contributed by atoms with Gasteiger partial charge in [0.25, 0.3) is 5.91 Å². The number of rotatable bonds is 3. The van der Waals surface area contributed by atoms with Crippen LogP contribution in [0, 0.1) is 6.92 Å². The SMILES string of the molecule is COc1ccc(Cl)c(NC(=O)c2c[nH]c(C)cc2=O)c1. The summed E-state index contributed by atoms with van der Waals surface area (Å²) in [5.74, 6) is 0.0314. The molecule has 0 aliphatic heterocycles. The molecule has 2 N–H and O–H groups in total. The smallest absolute Gasteiger partial charge is 0.261 e. The van der Waals surface area contributed by atoms with E-state index in [2.05, 4.69) is 10.3 Å². The van der Waals surface area contributed by atoms with Gasteiger partial charge >= 0.3 is 0 Å². The highest BCUT2D eigenvalue weighted by Crippen LogP contribution is 2.26. The van der Waals surface area contributed by atoms with Gasteiger partial charge in [-0.1, -0.05) is 11.6 Å². The molecule has 0 spiro atoms. The lowest BCUT2D eigenvalue weighted by molar-refractivity contribution is 0.102. The summed E-state index contributed by atoms with van der Waals surface area (Å²) in [6.07, 6.45) is 1.38. The monoisotopic (exact) mass is 292 g/mol. The molecule has 0 bridgehead atoms. The molecule has 0 atom stereocenters. The quantitative estimate of drug-likeness (QED) is 0.913. The highest BCUT2D eigenvalue weighted by atomic mass is 35.5. The number of H-pyrrole nitrogens is 1. The van der Waals surface area contributed by atoms with E-state index in [1.165, 1.54) is 19.4 Å². The number of aromatic nitrogens is 1. The number of hydrogen-bond acceptors (Lipinski definition) is 3. The van der Waals surface area contributed by atoms with Crippen molar-refractivity contribution in [1.29, 1.82) is 0 Å². The van der Waals surface area contributed by atoms with Crippen molar-refractivity contribution in [2.45, 2.75) is 6.92 Å². The van der Waals surface area contributed by atoms with Gasteiger partial charge in [-0.2, -0.15) is 0 Å². The fourth-order valence-corrected chi connectivity index (χ4v) is 1.83. The number of methoxy groups -OCH3 is 1. The molecule has 2 aromatic rings. The van der Waals surface area contributed by atoms with Crippen LogP contribution in [0.3, 0.4) is 0 Å². The van der Waals surface area contributed by atoms with E-state index in [9.17, 15) is 9.59 Å². The molecule has 1 amide bonds. The van der Waals surface area contributed by atoms with Gasteiger partial charge < -0.3 is 15.0 Å². The van der Waals surface area contributed by atoms with Crippen LogP contribution in [0.15, 0.2) is 35.3 Å². The van der Waals surface area contributed by atoms with Crippen LogP contribution >= 0.6 is 11.6 Å². The normalized spacial score (nSPS) is 10.2. The van der Waals surface area contributed by atoms with Gasteiger partial charge in [-0.05, 0) is 19.1 Å². The van der Waals surface area contributed by atoms with E-state index in [1.54, 1.807) is 25.1 Å². The topological polar surface area (TPSA) is 71.2 Å². The van der Waals surface area contributed by atoms with Crippen molar-refractivity contribution in [1.82, 2.24) is 4.98 Å². The molecule has 0 aliphatic carbocycles. The number of halogens is 1. The number of carbonyl (C=O) groups excluding carboxylic acids is 1. The number of amides is 1. The van der Waals surface area contributed by atoms with Gasteiger partial charge in [-0.3, -0.25) is 9.59 Å². The molecule has 1 aromatic carbocycles. The summed E-state index contributed by atoms with van der Waals surface area (Å²) in [5, 5.41) is 2.95. The number of pyridine rings is 1. The summed E-state index contributed by atoms with van der Waals surface area (Å²) < 4.78 is 5.06. The Hall–Kier alpha value is -2.27. The van der Waals surface area contributed by atoms with Crippen molar-refractivity contribution in [2.24, 2.45) is 0 Å². The van der Waals surface area contributed by atoms with Crippen molar-refractivity contribution in [2.75, 3.05) is 12.4 Å². The highest BCUT2D eigenvalue weighted by molar-refractivity contribution is 6.34. The van der Waals surface area contributed by atoms with Crippen molar-refractivity contribution in [3.05, 3.63) is 57.0 Å². The first-order chi connectivity index (χ1) is 9.51. The number of anilines is 1. The second-order valence-electron chi connectivity index (χ2n) is 4.19. The molecule has 0 fully saturated rings. The molecule has 6 heteroatoms. The maximum Gasteiger partial charge on any atom is 0.261 e. The number of ether oxygens (including phenoxy) is 1. The average Bonchev–Trinajstić information content (AvgIpc) is 2.41. The minimum absolute atomic E-state index is 0.0227. The maximum atomic E-state index is 12.1. The largest absolute Gasteiger partial charge is 0.497 e. The summed E-state index contributed by atoms with van der Waals surface area (Å²) in [5.41, 5.74) is 0.745. The Morgan fingerprint density at radius 2 is 2.10 bits per heavy atom. The van der Waals surface area contributed by atoms with Gasteiger partial charge in [-0.15, -0.1) is 0 Å². The van der Waals surface area contributed by atoms with Gasteiger partial charge in [0.1, 0.15) is 11.3 Å². The Morgan fingerprint density at radius 1 is 1.35 bits per heavy atom. The van der Waals surface area contributed by atoms with Crippen LogP contribution in [-0.2, 0) is 0 Å². The van der Waals surface area contributed by atoms with Gasteiger partial charge in [0, 0.05) is 24.0 Å². The lowest BCUT2D eigenvalue weighted by Gasteiger charge is -2.09. The molecule has 0 saturated heterocycles. The van der Waals surface area contributed by atoms with Crippen molar-refractivity contribution >= 4 is 23.2 Å². The number of aryl methyl sites for hydroxylation is 1. The minimum Gasteiger partial charge on any atom is -0.497 e. The fourth-order valence-electron chi connectivity index (χ4n) is 1.67. The number of nitrogens with one attached hydrogen (secondary N) is 2. The second kappa shape index (κ2) is 5.79. The molecular weight excluding hydrogens is 280 g/mol. The van der Waals surface area contributed by atoms with Crippen LogP contribution in [0.2, 0.25) is 5.02 Å². The minimum atomic E-state index is -0.526. The first-order valence-electron chi connectivity index (χ1n) is 5.85.